The number of carbonyl (C=O) groups is 2. The number of thiophene rings is 1. The summed E-state index contributed by atoms with van der Waals surface area (Å²) in [6.45, 7) is 1.82. The second-order valence-electron chi connectivity index (χ2n) is 7.82. The van der Waals surface area contributed by atoms with Crippen molar-refractivity contribution >= 4 is 34.4 Å². The topological polar surface area (TPSA) is 77.0 Å². The van der Waals surface area contributed by atoms with Crippen LogP contribution in [-0.4, -0.2) is 25.2 Å². The van der Waals surface area contributed by atoms with Gasteiger partial charge in [-0.25, -0.2) is 4.99 Å². The molecule has 4 rings (SSSR count). The maximum Gasteiger partial charge on any atom is 0.308 e. The van der Waals surface area contributed by atoms with Crippen molar-refractivity contribution in [3.05, 3.63) is 75.7 Å². The van der Waals surface area contributed by atoms with Crippen LogP contribution in [0.4, 0.5) is 5.00 Å². The number of amides is 1. The number of ether oxygens (including phenoxy) is 2. The Bertz CT molecular complexity index is 1180. The standard InChI is InChI=1S/C26H26N2O4S/c1-17(29)32-21-13-12-19(14-22(21)31-2)16-28-26-24(20-10-6-7-11-23(20)33-26)25(30)27-15-18-8-4-3-5-9-18/h3-5,8-9,12-14,16H,6-7,10-11,15H2,1-2H3,(H,27,30). The molecule has 0 aliphatic heterocycles. The number of aryl methyl sites for hydroxylation is 1. The molecule has 2 aromatic carbocycles. The third-order valence-electron chi connectivity index (χ3n) is 5.45. The first-order valence-electron chi connectivity index (χ1n) is 10.9. The van der Waals surface area contributed by atoms with E-state index in [9.17, 15) is 9.59 Å². The number of benzene rings is 2. The van der Waals surface area contributed by atoms with Crippen molar-refractivity contribution in [2.45, 2.75) is 39.2 Å². The van der Waals surface area contributed by atoms with Crippen molar-refractivity contribution in [2.24, 2.45) is 4.99 Å². The van der Waals surface area contributed by atoms with Gasteiger partial charge in [0, 0.05) is 24.6 Å². The van der Waals surface area contributed by atoms with Crippen LogP contribution in [0, 0.1) is 0 Å². The van der Waals surface area contributed by atoms with Gasteiger partial charge in [-0.1, -0.05) is 30.3 Å². The van der Waals surface area contributed by atoms with Gasteiger partial charge in [-0.2, -0.15) is 0 Å². The van der Waals surface area contributed by atoms with E-state index in [1.54, 1.807) is 35.8 Å². The molecular weight excluding hydrogens is 436 g/mol. The minimum atomic E-state index is -0.412. The smallest absolute Gasteiger partial charge is 0.308 e. The number of hydrogen-bond donors (Lipinski definition) is 1. The summed E-state index contributed by atoms with van der Waals surface area (Å²) in [4.78, 5) is 30.4. The molecule has 3 aromatic rings. The lowest BCUT2D eigenvalue weighted by Gasteiger charge is -2.13. The van der Waals surface area contributed by atoms with E-state index in [0.29, 0.717) is 23.6 Å². The molecule has 0 radical (unpaired) electrons. The van der Waals surface area contributed by atoms with E-state index in [-0.39, 0.29) is 5.91 Å². The molecule has 0 atom stereocenters. The third kappa shape index (κ3) is 5.49. The molecule has 0 saturated heterocycles. The maximum atomic E-state index is 13.2. The van der Waals surface area contributed by atoms with Gasteiger partial charge in [0.05, 0.1) is 12.7 Å². The number of esters is 1. The molecule has 1 aromatic heterocycles. The molecule has 0 fully saturated rings. The SMILES string of the molecule is COc1cc(C=Nc2sc3c(c2C(=O)NCc2ccccc2)CCCC3)ccc1OC(C)=O. The van der Waals surface area contributed by atoms with Gasteiger partial charge in [0.25, 0.3) is 5.91 Å². The zero-order valence-electron chi connectivity index (χ0n) is 18.7. The lowest BCUT2D eigenvalue weighted by molar-refractivity contribution is -0.132. The molecule has 1 aliphatic carbocycles. The summed E-state index contributed by atoms with van der Waals surface area (Å²) in [5.74, 6) is 0.299. The molecule has 1 aliphatic rings. The minimum absolute atomic E-state index is 0.0896. The van der Waals surface area contributed by atoms with E-state index < -0.39 is 5.97 Å². The summed E-state index contributed by atoms with van der Waals surface area (Å²) in [5, 5.41) is 3.78. The summed E-state index contributed by atoms with van der Waals surface area (Å²) in [6, 6.07) is 15.1. The number of carbonyl (C=O) groups excluding carboxylic acids is 2. The Labute approximate surface area is 197 Å². The zero-order chi connectivity index (χ0) is 23.2. The third-order valence-corrected chi connectivity index (χ3v) is 6.65. The van der Waals surface area contributed by atoms with E-state index in [4.69, 9.17) is 14.5 Å². The summed E-state index contributed by atoms with van der Waals surface area (Å²) < 4.78 is 10.5. The first-order chi connectivity index (χ1) is 16.0. The van der Waals surface area contributed by atoms with E-state index in [0.717, 1.165) is 47.4 Å². The van der Waals surface area contributed by atoms with Crippen LogP contribution in [0.1, 0.15) is 51.7 Å². The summed E-state index contributed by atoms with van der Waals surface area (Å²) >= 11 is 1.59. The van der Waals surface area contributed by atoms with E-state index in [1.165, 1.54) is 18.9 Å². The van der Waals surface area contributed by atoms with E-state index in [1.807, 2.05) is 30.3 Å². The summed E-state index contributed by atoms with van der Waals surface area (Å²) in [7, 11) is 1.52. The molecule has 6 nitrogen and oxygen atoms in total. The van der Waals surface area contributed by atoms with Crippen LogP contribution in [0.2, 0.25) is 0 Å². The van der Waals surface area contributed by atoms with Crippen molar-refractivity contribution in [1.82, 2.24) is 5.32 Å². The normalized spacial score (nSPS) is 12.9. The number of methoxy groups -OCH3 is 1. The number of rotatable bonds is 7. The van der Waals surface area contributed by atoms with E-state index in [2.05, 4.69) is 5.32 Å². The molecule has 0 saturated carbocycles. The molecular formula is C26H26N2O4S. The van der Waals surface area contributed by atoms with Crippen LogP contribution < -0.4 is 14.8 Å². The zero-order valence-corrected chi connectivity index (χ0v) is 19.5. The quantitative estimate of drug-likeness (QED) is 0.296. The first kappa shape index (κ1) is 22.7. The van der Waals surface area contributed by atoms with Crippen molar-refractivity contribution in [2.75, 3.05) is 7.11 Å². The predicted molar refractivity (Wildman–Crippen MR) is 130 cm³/mol. The van der Waals surface area contributed by atoms with Crippen LogP contribution in [0.15, 0.2) is 53.5 Å². The highest BCUT2D eigenvalue weighted by atomic mass is 32.1. The molecule has 33 heavy (non-hydrogen) atoms. The highest BCUT2D eigenvalue weighted by molar-refractivity contribution is 7.16. The fraction of sp³-hybridized carbons (Fsp3) is 0.269. The lowest BCUT2D eigenvalue weighted by Crippen LogP contribution is -2.24. The Balaban J connectivity index is 1.60. The number of aliphatic imine (C=N–C) groups is 1. The fourth-order valence-corrected chi connectivity index (χ4v) is 5.11. The monoisotopic (exact) mass is 462 g/mol. The van der Waals surface area contributed by atoms with Gasteiger partial charge in [0.2, 0.25) is 0 Å². The largest absolute Gasteiger partial charge is 0.493 e. The molecule has 1 heterocycles. The average Bonchev–Trinajstić information content (AvgIpc) is 3.20. The van der Waals surface area contributed by atoms with Gasteiger partial charge in [-0.3, -0.25) is 9.59 Å². The van der Waals surface area contributed by atoms with Gasteiger partial charge in [0.15, 0.2) is 11.5 Å². The summed E-state index contributed by atoms with van der Waals surface area (Å²) in [6.07, 6.45) is 5.82. The molecule has 0 spiro atoms. The van der Waals surface area contributed by atoms with Crippen molar-refractivity contribution in [3.8, 4) is 11.5 Å². The van der Waals surface area contributed by atoms with Gasteiger partial charge >= 0.3 is 5.97 Å². The lowest BCUT2D eigenvalue weighted by atomic mass is 9.95. The number of nitrogens with one attached hydrogen (secondary N) is 1. The highest BCUT2D eigenvalue weighted by Crippen LogP contribution is 2.40. The number of hydrogen-bond acceptors (Lipinski definition) is 6. The summed E-state index contributed by atoms with van der Waals surface area (Å²) in [5.41, 5.74) is 3.65. The number of nitrogens with zero attached hydrogens (tertiary/aromatic N) is 1. The van der Waals surface area contributed by atoms with Crippen LogP contribution in [0.5, 0.6) is 11.5 Å². The number of fused-ring (bicyclic) bond motifs is 1. The molecule has 0 unspecified atom stereocenters. The Morgan fingerprint density at radius 2 is 1.88 bits per heavy atom. The molecule has 1 amide bonds. The first-order valence-corrected chi connectivity index (χ1v) is 11.7. The van der Waals surface area contributed by atoms with Crippen LogP contribution in [0.25, 0.3) is 0 Å². The Kier molecular flexibility index (Phi) is 7.19. The van der Waals surface area contributed by atoms with Crippen molar-refractivity contribution in [3.63, 3.8) is 0 Å². The molecule has 0 bridgehead atoms. The average molecular weight is 463 g/mol. The maximum absolute atomic E-state index is 13.2. The molecule has 1 N–H and O–H groups in total. The Morgan fingerprint density at radius 3 is 2.64 bits per heavy atom. The van der Waals surface area contributed by atoms with Crippen LogP contribution in [-0.2, 0) is 24.2 Å². The van der Waals surface area contributed by atoms with E-state index >= 15 is 0 Å². The predicted octanol–water partition coefficient (Wildman–Crippen LogP) is 5.24. The van der Waals surface area contributed by atoms with Crippen LogP contribution >= 0.6 is 11.3 Å². The second-order valence-corrected chi connectivity index (χ2v) is 8.91. The van der Waals surface area contributed by atoms with Gasteiger partial charge in [0.1, 0.15) is 5.00 Å². The van der Waals surface area contributed by atoms with Crippen LogP contribution in [0.3, 0.4) is 0 Å². The van der Waals surface area contributed by atoms with Gasteiger partial charge in [-0.15, -0.1) is 11.3 Å². The highest BCUT2D eigenvalue weighted by Gasteiger charge is 2.25. The van der Waals surface area contributed by atoms with Gasteiger partial charge in [-0.05, 0) is 60.6 Å². The molecule has 170 valence electrons. The van der Waals surface area contributed by atoms with Gasteiger partial charge < -0.3 is 14.8 Å². The Morgan fingerprint density at radius 1 is 1.09 bits per heavy atom. The second kappa shape index (κ2) is 10.4. The van der Waals surface area contributed by atoms with Crippen molar-refractivity contribution in [1.29, 1.82) is 0 Å². The Hall–Kier alpha value is -3.45. The molecule has 7 heteroatoms. The van der Waals surface area contributed by atoms with Crippen molar-refractivity contribution < 1.29 is 19.1 Å². The minimum Gasteiger partial charge on any atom is -0.493 e. The fourth-order valence-electron chi connectivity index (χ4n) is 3.88.